The van der Waals surface area contributed by atoms with Crippen LogP contribution in [0, 0.1) is 0 Å². The van der Waals surface area contributed by atoms with Gasteiger partial charge < -0.3 is 14.8 Å². The Morgan fingerprint density at radius 1 is 1.39 bits per heavy atom. The van der Waals surface area contributed by atoms with Crippen molar-refractivity contribution in [3.05, 3.63) is 29.8 Å². The molecule has 1 fully saturated rings. The van der Waals surface area contributed by atoms with Gasteiger partial charge in [-0.25, -0.2) is 0 Å². The van der Waals surface area contributed by atoms with Crippen molar-refractivity contribution < 1.29 is 14.3 Å². The van der Waals surface area contributed by atoms with E-state index < -0.39 is 0 Å². The van der Waals surface area contributed by atoms with E-state index in [1.54, 1.807) is 0 Å². The van der Waals surface area contributed by atoms with Crippen LogP contribution >= 0.6 is 0 Å². The summed E-state index contributed by atoms with van der Waals surface area (Å²) in [7, 11) is 1.40. The molecule has 1 atom stereocenters. The van der Waals surface area contributed by atoms with Crippen LogP contribution in [0.15, 0.2) is 24.3 Å². The van der Waals surface area contributed by atoms with Gasteiger partial charge in [-0.3, -0.25) is 4.79 Å². The van der Waals surface area contributed by atoms with Gasteiger partial charge in [0.1, 0.15) is 12.4 Å². The molecular weight excluding hydrogens is 230 g/mol. The molecule has 1 aromatic carbocycles. The molecule has 1 aromatic rings. The molecule has 1 aliphatic heterocycles. The van der Waals surface area contributed by atoms with Crippen molar-refractivity contribution in [1.82, 2.24) is 5.32 Å². The first kappa shape index (κ1) is 12.9. The second kappa shape index (κ2) is 6.40. The number of ether oxygens (including phenoxy) is 2. The molecule has 0 bridgehead atoms. The molecule has 2 rings (SSSR count). The summed E-state index contributed by atoms with van der Waals surface area (Å²) < 4.78 is 10.3. The van der Waals surface area contributed by atoms with Crippen molar-refractivity contribution in [1.29, 1.82) is 0 Å². The molecule has 0 aromatic heterocycles. The highest BCUT2D eigenvalue weighted by Crippen LogP contribution is 2.14. The molecule has 4 heteroatoms. The fraction of sp³-hybridized carbons (Fsp3) is 0.500. The summed E-state index contributed by atoms with van der Waals surface area (Å²) in [5.74, 6) is 0.621. The van der Waals surface area contributed by atoms with Gasteiger partial charge in [-0.2, -0.15) is 0 Å². The van der Waals surface area contributed by atoms with Gasteiger partial charge in [-0.05, 0) is 37.1 Å². The van der Waals surface area contributed by atoms with Gasteiger partial charge in [0.15, 0.2) is 0 Å². The van der Waals surface area contributed by atoms with E-state index in [0.29, 0.717) is 19.1 Å². The minimum atomic E-state index is -0.223. The lowest BCUT2D eigenvalue weighted by molar-refractivity contribution is -0.139. The maximum absolute atomic E-state index is 11.1. The van der Waals surface area contributed by atoms with Crippen molar-refractivity contribution in [2.24, 2.45) is 0 Å². The van der Waals surface area contributed by atoms with Crippen molar-refractivity contribution in [2.75, 3.05) is 20.3 Å². The zero-order chi connectivity index (χ0) is 12.8. The summed E-state index contributed by atoms with van der Waals surface area (Å²) in [6.07, 6.45) is 2.72. The third kappa shape index (κ3) is 3.74. The van der Waals surface area contributed by atoms with Crippen LogP contribution in [0.2, 0.25) is 0 Å². The van der Waals surface area contributed by atoms with E-state index >= 15 is 0 Å². The molecular formula is C14H19NO3. The summed E-state index contributed by atoms with van der Waals surface area (Å²) in [4.78, 5) is 11.1. The van der Waals surface area contributed by atoms with Gasteiger partial charge in [0, 0.05) is 6.04 Å². The molecule has 0 saturated carbocycles. The van der Waals surface area contributed by atoms with Crippen molar-refractivity contribution in [3.63, 3.8) is 0 Å². The van der Waals surface area contributed by atoms with Crippen molar-refractivity contribution in [3.8, 4) is 5.75 Å². The van der Waals surface area contributed by atoms with E-state index in [2.05, 4.69) is 10.1 Å². The molecule has 0 unspecified atom stereocenters. The third-order valence-corrected chi connectivity index (χ3v) is 3.11. The average molecular weight is 249 g/mol. The van der Waals surface area contributed by atoms with Crippen LogP contribution in [0.1, 0.15) is 18.4 Å². The maximum atomic E-state index is 11.1. The maximum Gasteiger partial charge on any atom is 0.309 e. The van der Waals surface area contributed by atoms with Crippen LogP contribution in [0.5, 0.6) is 5.75 Å². The molecule has 0 radical (unpaired) electrons. The Bertz CT molecular complexity index is 383. The minimum Gasteiger partial charge on any atom is -0.492 e. The number of nitrogens with one attached hydrogen (secondary N) is 1. The lowest BCUT2D eigenvalue weighted by Gasteiger charge is -2.12. The Morgan fingerprint density at radius 2 is 2.17 bits per heavy atom. The van der Waals surface area contributed by atoms with E-state index in [1.165, 1.54) is 20.0 Å². The lowest BCUT2D eigenvalue weighted by Crippen LogP contribution is -2.28. The number of hydrogen-bond acceptors (Lipinski definition) is 4. The van der Waals surface area contributed by atoms with E-state index in [0.717, 1.165) is 17.9 Å². The topological polar surface area (TPSA) is 47.6 Å². The molecule has 4 nitrogen and oxygen atoms in total. The summed E-state index contributed by atoms with van der Waals surface area (Å²) in [5.41, 5.74) is 0.938. The average Bonchev–Trinajstić information content (AvgIpc) is 2.91. The Hall–Kier alpha value is -1.55. The van der Waals surface area contributed by atoms with Crippen molar-refractivity contribution >= 4 is 5.97 Å². The predicted octanol–water partition coefficient (Wildman–Crippen LogP) is 1.53. The number of carbonyl (C=O) groups is 1. The standard InChI is InChI=1S/C14H19NO3/c1-17-14(16)9-11-4-6-13(7-5-11)18-10-12-3-2-8-15-12/h4-7,12,15H,2-3,8-10H2,1H3/t12-/m0/s1. The highest BCUT2D eigenvalue weighted by molar-refractivity contribution is 5.72. The Morgan fingerprint density at radius 3 is 2.78 bits per heavy atom. The normalized spacial score (nSPS) is 18.6. The van der Waals surface area contributed by atoms with Crippen molar-refractivity contribution in [2.45, 2.75) is 25.3 Å². The SMILES string of the molecule is COC(=O)Cc1ccc(OC[C@@H]2CCCN2)cc1. The minimum absolute atomic E-state index is 0.223. The summed E-state index contributed by atoms with van der Waals surface area (Å²) in [6, 6.07) is 8.06. The predicted molar refractivity (Wildman–Crippen MR) is 68.7 cm³/mol. The van der Waals surface area contributed by atoms with Crippen LogP contribution < -0.4 is 10.1 Å². The zero-order valence-electron chi connectivity index (χ0n) is 10.6. The molecule has 18 heavy (non-hydrogen) atoms. The smallest absolute Gasteiger partial charge is 0.309 e. The number of hydrogen-bond donors (Lipinski definition) is 1. The van der Waals surface area contributed by atoms with Gasteiger partial charge in [0.05, 0.1) is 13.5 Å². The molecule has 1 aliphatic rings. The van der Waals surface area contributed by atoms with E-state index in [4.69, 9.17) is 4.74 Å². The van der Waals surface area contributed by atoms with Gasteiger partial charge >= 0.3 is 5.97 Å². The van der Waals surface area contributed by atoms with Gasteiger partial charge in [-0.15, -0.1) is 0 Å². The first-order valence-corrected chi connectivity index (χ1v) is 6.30. The number of carbonyl (C=O) groups excluding carboxylic acids is 1. The molecule has 98 valence electrons. The quantitative estimate of drug-likeness (QED) is 0.804. The Balaban J connectivity index is 1.81. The molecule has 0 aliphatic carbocycles. The number of benzene rings is 1. The number of esters is 1. The van der Waals surface area contributed by atoms with Gasteiger partial charge in [0.25, 0.3) is 0 Å². The van der Waals surface area contributed by atoms with Gasteiger partial charge in [0.2, 0.25) is 0 Å². The monoisotopic (exact) mass is 249 g/mol. The van der Waals surface area contributed by atoms with E-state index in [9.17, 15) is 4.79 Å². The first-order valence-electron chi connectivity index (χ1n) is 6.30. The molecule has 1 N–H and O–H groups in total. The Labute approximate surface area is 107 Å². The fourth-order valence-electron chi connectivity index (χ4n) is 2.04. The van der Waals surface area contributed by atoms with Crippen LogP contribution in [0.3, 0.4) is 0 Å². The summed E-state index contributed by atoms with van der Waals surface area (Å²) in [5, 5.41) is 3.39. The molecule has 1 heterocycles. The first-order chi connectivity index (χ1) is 8.78. The number of rotatable bonds is 5. The van der Waals surface area contributed by atoms with E-state index in [1.807, 2.05) is 24.3 Å². The zero-order valence-corrected chi connectivity index (χ0v) is 10.6. The van der Waals surface area contributed by atoms with Gasteiger partial charge in [-0.1, -0.05) is 12.1 Å². The van der Waals surface area contributed by atoms with Crippen LogP contribution in [0.25, 0.3) is 0 Å². The van der Waals surface area contributed by atoms with Crippen LogP contribution in [-0.4, -0.2) is 32.3 Å². The highest BCUT2D eigenvalue weighted by Gasteiger charge is 2.14. The second-order valence-corrected chi connectivity index (χ2v) is 4.50. The second-order valence-electron chi connectivity index (χ2n) is 4.50. The molecule has 1 saturated heterocycles. The Kier molecular flexibility index (Phi) is 4.59. The third-order valence-electron chi connectivity index (χ3n) is 3.11. The molecule has 0 spiro atoms. The van der Waals surface area contributed by atoms with E-state index in [-0.39, 0.29) is 5.97 Å². The number of methoxy groups -OCH3 is 1. The largest absolute Gasteiger partial charge is 0.492 e. The highest BCUT2D eigenvalue weighted by atomic mass is 16.5. The van der Waals surface area contributed by atoms with Crippen LogP contribution in [0.4, 0.5) is 0 Å². The summed E-state index contributed by atoms with van der Waals surface area (Å²) >= 11 is 0. The summed E-state index contributed by atoms with van der Waals surface area (Å²) in [6.45, 7) is 1.79. The fourth-order valence-corrected chi connectivity index (χ4v) is 2.04. The molecule has 0 amide bonds. The van der Waals surface area contributed by atoms with Crippen LogP contribution in [-0.2, 0) is 16.0 Å². The lowest BCUT2D eigenvalue weighted by atomic mass is 10.1.